The van der Waals surface area contributed by atoms with Crippen molar-refractivity contribution < 1.29 is 18.6 Å². The van der Waals surface area contributed by atoms with Gasteiger partial charge in [-0.1, -0.05) is 12.1 Å². The van der Waals surface area contributed by atoms with Crippen LogP contribution in [0.25, 0.3) is 0 Å². The summed E-state index contributed by atoms with van der Waals surface area (Å²) in [5.41, 5.74) is -1.62. The molecule has 1 aliphatic carbocycles. The first-order valence-corrected chi connectivity index (χ1v) is 12.6. The Morgan fingerprint density at radius 3 is 2.58 bits per heavy atom. The van der Waals surface area contributed by atoms with Crippen molar-refractivity contribution in [2.24, 2.45) is 0 Å². The molecule has 8 nitrogen and oxygen atoms in total. The van der Waals surface area contributed by atoms with Crippen LogP contribution in [0.1, 0.15) is 38.2 Å². The smallest absolute Gasteiger partial charge is 0.215 e. The Morgan fingerprint density at radius 1 is 1.11 bits per heavy atom. The summed E-state index contributed by atoms with van der Waals surface area (Å²) in [7, 11) is 0. The molecule has 2 aromatic heterocycles. The lowest BCUT2D eigenvalue weighted by Gasteiger charge is -2.45. The number of rotatable bonds is 8. The Labute approximate surface area is 209 Å². The number of pyridine rings is 1. The molecule has 0 radical (unpaired) electrons. The molecule has 0 bridgehead atoms. The van der Waals surface area contributed by atoms with E-state index in [9.17, 15) is 13.9 Å². The molecule has 36 heavy (non-hydrogen) atoms. The van der Waals surface area contributed by atoms with Gasteiger partial charge in [-0.2, -0.15) is 10.1 Å². The third kappa shape index (κ3) is 5.19. The minimum Gasteiger partial charge on any atom is -0.474 e. The molecule has 1 saturated carbocycles. The maximum Gasteiger partial charge on any atom is 0.215 e. The third-order valence-electron chi connectivity index (χ3n) is 7.44. The number of nitrogens with zero attached hydrogens (tertiary/aromatic N) is 6. The summed E-state index contributed by atoms with van der Waals surface area (Å²) in [4.78, 5) is 13.0. The molecule has 1 aromatic carbocycles. The first kappa shape index (κ1) is 24.6. The Hall–Kier alpha value is -3.11. The number of piperazine rings is 1. The van der Waals surface area contributed by atoms with Gasteiger partial charge in [0.1, 0.15) is 41.8 Å². The van der Waals surface area contributed by atoms with Gasteiger partial charge in [0.05, 0.1) is 6.54 Å². The fourth-order valence-electron chi connectivity index (χ4n) is 5.31. The van der Waals surface area contributed by atoms with Crippen LogP contribution in [0.3, 0.4) is 0 Å². The van der Waals surface area contributed by atoms with Gasteiger partial charge < -0.3 is 14.7 Å². The van der Waals surface area contributed by atoms with Crippen LogP contribution in [0.4, 0.5) is 14.6 Å². The summed E-state index contributed by atoms with van der Waals surface area (Å²) in [6.45, 7) is 4.51. The summed E-state index contributed by atoms with van der Waals surface area (Å²) < 4.78 is 36.1. The molecule has 0 spiro atoms. The van der Waals surface area contributed by atoms with Crippen molar-refractivity contribution in [3.8, 4) is 5.88 Å². The fourth-order valence-corrected chi connectivity index (χ4v) is 5.31. The van der Waals surface area contributed by atoms with Gasteiger partial charge in [0, 0.05) is 49.9 Å². The molecule has 192 valence electrons. The fraction of sp³-hybridized carbons (Fsp3) is 0.500. The molecule has 10 heteroatoms. The molecule has 1 N–H and O–H groups in total. The van der Waals surface area contributed by atoms with E-state index >= 15 is 0 Å². The predicted octanol–water partition coefficient (Wildman–Crippen LogP) is 3.37. The Bertz CT molecular complexity index is 1150. The van der Waals surface area contributed by atoms with Crippen molar-refractivity contribution in [1.29, 1.82) is 0 Å². The van der Waals surface area contributed by atoms with Crippen molar-refractivity contribution in [1.82, 2.24) is 24.6 Å². The van der Waals surface area contributed by atoms with Crippen molar-refractivity contribution in [3.05, 3.63) is 66.3 Å². The Balaban J connectivity index is 1.30. The minimum absolute atomic E-state index is 0.0148. The Morgan fingerprint density at radius 2 is 1.89 bits per heavy atom. The normalized spacial score (nSPS) is 19.8. The molecule has 1 aliphatic heterocycles. The maximum absolute atomic E-state index is 14.9. The van der Waals surface area contributed by atoms with E-state index in [1.165, 1.54) is 42.3 Å². The van der Waals surface area contributed by atoms with Gasteiger partial charge in [-0.25, -0.2) is 18.4 Å². The lowest BCUT2D eigenvalue weighted by molar-refractivity contribution is -0.0650. The number of benzene rings is 1. The molecule has 1 saturated heterocycles. The first-order chi connectivity index (χ1) is 17.4. The van der Waals surface area contributed by atoms with Crippen molar-refractivity contribution >= 4 is 5.82 Å². The second-order valence-electron chi connectivity index (χ2n) is 9.70. The van der Waals surface area contributed by atoms with Gasteiger partial charge in [0.15, 0.2) is 0 Å². The highest BCUT2D eigenvalue weighted by Gasteiger charge is 2.42. The summed E-state index contributed by atoms with van der Waals surface area (Å²) in [5, 5.41) is 16.0. The number of aliphatic hydroxyl groups is 1. The number of ether oxygens (including phenoxy) is 1. The highest BCUT2D eigenvalue weighted by molar-refractivity contribution is 5.41. The van der Waals surface area contributed by atoms with E-state index in [1.807, 2.05) is 25.1 Å². The minimum atomic E-state index is -1.65. The average Bonchev–Trinajstić information content (AvgIpc) is 3.58. The van der Waals surface area contributed by atoms with Crippen LogP contribution >= 0.6 is 0 Å². The SMILES string of the molecule is C[C@@H](N1CCN(c2cccc(OC3CCCC3)n2)CC1)[C@](O)(Cn1cncn1)c1ccc(F)cc1F. The second kappa shape index (κ2) is 10.5. The molecule has 2 aliphatic rings. The number of halogens is 2. The third-order valence-corrected chi connectivity index (χ3v) is 7.44. The second-order valence-corrected chi connectivity index (χ2v) is 9.70. The lowest BCUT2D eigenvalue weighted by atomic mass is 9.85. The molecular formula is C26H32F2N6O2. The molecular weight excluding hydrogens is 466 g/mol. The summed E-state index contributed by atoms with van der Waals surface area (Å²) in [6.07, 6.45) is 7.65. The van der Waals surface area contributed by atoms with E-state index in [2.05, 4.69) is 19.9 Å². The summed E-state index contributed by atoms with van der Waals surface area (Å²) in [5.74, 6) is 0.0445. The highest BCUT2D eigenvalue weighted by Crippen LogP contribution is 2.33. The van der Waals surface area contributed by atoms with E-state index in [-0.39, 0.29) is 18.2 Å². The zero-order valence-corrected chi connectivity index (χ0v) is 20.4. The molecule has 0 unspecified atom stereocenters. The van der Waals surface area contributed by atoms with Gasteiger partial charge in [-0.3, -0.25) is 4.90 Å². The van der Waals surface area contributed by atoms with Crippen LogP contribution in [0.15, 0.2) is 49.1 Å². The zero-order chi connectivity index (χ0) is 25.1. The Kier molecular flexibility index (Phi) is 7.15. The van der Waals surface area contributed by atoms with E-state index in [1.54, 1.807) is 0 Å². The van der Waals surface area contributed by atoms with Gasteiger partial charge in [0.25, 0.3) is 0 Å². The maximum atomic E-state index is 14.9. The van der Waals surface area contributed by atoms with E-state index < -0.39 is 23.3 Å². The predicted molar refractivity (Wildman–Crippen MR) is 131 cm³/mol. The van der Waals surface area contributed by atoms with Crippen molar-refractivity contribution in [2.75, 3.05) is 31.1 Å². The van der Waals surface area contributed by atoms with Gasteiger partial charge in [0.2, 0.25) is 5.88 Å². The van der Waals surface area contributed by atoms with Crippen LogP contribution in [-0.2, 0) is 12.1 Å². The van der Waals surface area contributed by atoms with Crippen LogP contribution in [-0.4, -0.2) is 68.1 Å². The molecule has 3 heterocycles. The molecule has 5 rings (SSSR count). The van der Waals surface area contributed by atoms with Crippen LogP contribution in [0, 0.1) is 11.6 Å². The number of aromatic nitrogens is 4. The average molecular weight is 499 g/mol. The van der Waals surface area contributed by atoms with Crippen LogP contribution in [0.5, 0.6) is 5.88 Å². The van der Waals surface area contributed by atoms with Gasteiger partial charge >= 0.3 is 0 Å². The van der Waals surface area contributed by atoms with E-state index in [4.69, 9.17) is 9.72 Å². The first-order valence-electron chi connectivity index (χ1n) is 12.6. The number of hydrogen-bond acceptors (Lipinski definition) is 7. The van der Waals surface area contributed by atoms with Crippen LogP contribution < -0.4 is 9.64 Å². The monoisotopic (exact) mass is 498 g/mol. The van der Waals surface area contributed by atoms with Crippen LogP contribution in [0.2, 0.25) is 0 Å². The van der Waals surface area contributed by atoms with E-state index in [0.29, 0.717) is 32.1 Å². The topological polar surface area (TPSA) is 79.5 Å². The largest absolute Gasteiger partial charge is 0.474 e. The zero-order valence-electron chi connectivity index (χ0n) is 20.4. The lowest BCUT2D eigenvalue weighted by Crippen LogP contribution is -2.57. The summed E-state index contributed by atoms with van der Waals surface area (Å²) in [6, 6.07) is 8.66. The van der Waals surface area contributed by atoms with Gasteiger partial charge in [-0.15, -0.1) is 0 Å². The molecule has 0 amide bonds. The standard InChI is InChI=1S/C26H32F2N6O2/c1-19(26(35,16-34-18-29-17-30-34)22-10-9-20(27)15-23(22)28)32-11-13-33(14-12-32)24-7-4-8-25(31-24)36-21-5-2-3-6-21/h4,7-10,15,17-19,21,35H,2-3,5-6,11-14,16H2,1H3/t19-,26-/m1/s1. The molecule has 2 fully saturated rings. The van der Waals surface area contributed by atoms with E-state index in [0.717, 1.165) is 24.7 Å². The van der Waals surface area contributed by atoms with Crippen molar-refractivity contribution in [3.63, 3.8) is 0 Å². The number of hydrogen-bond donors (Lipinski definition) is 1. The number of anilines is 1. The summed E-state index contributed by atoms with van der Waals surface area (Å²) >= 11 is 0. The highest BCUT2D eigenvalue weighted by atomic mass is 19.1. The molecule has 2 atom stereocenters. The van der Waals surface area contributed by atoms with Gasteiger partial charge in [-0.05, 0) is 44.7 Å². The quantitative estimate of drug-likeness (QED) is 0.510. The van der Waals surface area contributed by atoms with Crippen molar-refractivity contribution in [2.45, 2.75) is 56.9 Å². The molecule has 3 aromatic rings.